The van der Waals surface area contributed by atoms with Crippen molar-refractivity contribution in [1.29, 1.82) is 0 Å². The third-order valence-corrected chi connectivity index (χ3v) is 4.16. The average Bonchev–Trinajstić information content (AvgIpc) is 2.15. The molecule has 0 spiro atoms. The second-order valence-electron chi connectivity index (χ2n) is 6.54. The highest BCUT2D eigenvalue weighted by atomic mass is 16.1. The van der Waals surface area contributed by atoms with Crippen LogP contribution in [0.15, 0.2) is 11.6 Å². The molecule has 0 saturated heterocycles. The van der Waals surface area contributed by atoms with Crippen molar-refractivity contribution in [2.45, 2.75) is 59.3 Å². The van der Waals surface area contributed by atoms with Crippen molar-refractivity contribution in [2.24, 2.45) is 17.3 Å². The predicted octanol–water partition coefficient (Wildman–Crippen LogP) is 4.13. The van der Waals surface area contributed by atoms with E-state index in [4.69, 9.17) is 0 Å². The Bertz CT molecular complexity index is 311. The first-order valence-corrected chi connectivity index (χ1v) is 6.68. The molecule has 0 aromatic rings. The van der Waals surface area contributed by atoms with Crippen LogP contribution in [0.3, 0.4) is 0 Å². The SMILES string of the molecule is CC1=CC(C2CCCCC2=O)CC(C)(C)C1. The van der Waals surface area contributed by atoms with Gasteiger partial charge in [-0.2, -0.15) is 0 Å². The summed E-state index contributed by atoms with van der Waals surface area (Å²) in [5, 5.41) is 0. The summed E-state index contributed by atoms with van der Waals surface area (Å²) in [6, 6.07) is 0. The minimum atomic E-state index is 0.336. The van der Waals surface area contributed by atoms with Crippen molar-refractivity contribution in [2.75, 3.05) is 0 Å². The summed E-state index contributed by atoms with van der Waals surface area (Å²) in [6.45, 7) is 6.90. The van der Waals surface area contributed by atoms with Crippen LogP contribution in [0, 0.1) is 17.3 Å². The molecule has 2 rings (SSSR count). The van der Waals surface area contributed by atoms with Gasteiger partial charge in [0.25, 0.3) is 0 Å². The Hall–Kier alpha value is -0.590. The summed E-state index contributed by atoms with van der Waals surface area (Å²) in [6.07, 6.45) is 9.11. The fourth-order valence-electron chi connectivity index (χ4n) is 3.67. The average molecular weight is 220 g/mol. The topological polar surface area (TPSA) is 17.1 Å². The largest absolute Gasteiger partial charge is 0.299 e. The molecular formula is C15H24O. The number of carbonyl (C=O) groups excluding carboxylic acids is 1. The van der Waals surface area contributed by atoms with Crippen molar-refractivity contribution in [1.82, 2.24) is 0 Å². The number of Topliss-reactive ketones (excluding diaryl/α,β-unsaturated/α-hetero) is 1. The van der Waals surface area contributed by atoms with Gasteiger partial charge in [-0.05, 0) is 43.9 Å². The Morgan fingerprint density at radius 1 is 1.31 bits per heavy atom. The second kappa shape index (κ2) is 4.35. The second-order valence-corrected chi connectivity index (χ2v) is 6.54. The number of allylic oxidation sites excluding steroid dienone is 2. The zero-order valence-corrected chi connectivity index (χ0v) is 10.9. The van der Waals surface area contributed by atoms with Crippen molar-refractivity contribution < 1.29 is 4.79 Å². The Morgan fingerprint density at radius 3 is 2.69 bits per heavy atom. The lowest BCUT2D eigenvalue weighted by atomic mass is 9.66. The monoisotopic (exact) mass is 220 g/mol. The van der Waals surface area contributed by atoms with E-state index in [-0.39, 0.29) is 0 Å². The Kier molecular flexibility index (Phi) is 3.23. The van der Waals surface area contributed by atoms with Gasteiger partial charge in [0.15, 0.2) is 0 Å². The van der Waals surface area contributed by atoms with Crippen LogP contribution < -0.4 is 0 Å². The fourth-order valence-corrected chi connectivity index (χ4v) is 3.67. The Labute approximate surface area is 99.3 Å². The van der Waals surface area contributed by atoms with Crippen LogP contribution in [-0.2, 0) is 4.79 Å². The lowest BCUT2D eigenvalue weighted by molar-refractivity contribution is -0.126. The van der Waals surface area contributed by atoms with E-state index in [1.54, 1.807) is 0 Å². The summed E-state index contributed by atoms with van der Waals surface area (Å²) in [7, 11) is 0. The quantitative estimate of drug-likeness (QED) is 0.607. The molecule has 2 aliphatic carbocycles. The number of hydrogen-bond donors (Lipinski definition) is 0. The molecule has 1 heteroatoms. The molecule has 0 bridgehead atoms. The molecule has 2 aliphatic rings. The van der Waals surface area contributed by atoms with E-state index in [0.29, 0.717) is 23.0 Å². The summed E-state index contributed by atoms with van der Waals surface area (Å²) in [4.78, 5) is 12.0. The van der Waals surface area contributed by atoms with Gasteiger partial charge in [0.2, 0.25) is 0 Å². The Balaban J connectivity index is 2.14. The molecule has 2 unspecified atom stereocenters. The van der Waals surface area contributed by atoms with E-state index >= 15 is 0 Å². The van der Waals surface area contributed by atoms with Gasteiger partial charge in [-0.25, -0.2) is 0 Å². The van der Waals surface area contributed by atoms with Gasteiger partial charge in [0.1, 0.15) is 5.78 Å². The number of ketones is 1. The van der Waals surface area contributed by atoms with Crippen molar-refractivity contribution in [3.05, 3.63) is 11.6 Å². The van der Waals surface area contributed by atoms with Gasteiger partial charge in [-0.15, -0.1) is 0 Å². The van der Waals surface area contributed by atoms with Crippen molar-refractivity contribution in [3.8, 4) is 0 Å². The van der Waals surface area contributed by atoms with Gasteiger partial charge in [-0.1, -0.05) is 31.9 Å². The fraction of sp³-hybridized carbons (Fsp3) is 0.800. The molecular weight excluding hydrogens is 196 g/mol. The van der Waals surface area contributed by atoms with Crippen LogP contribution in [0.4, 0.5) is 0 Å². The van der Waals surface area contributed by atoms with Crippen molar-refractivity contribution >= 4 is 5.78 Å². The summed E-state index contributed by atoms with van der Waals surface area (Å²) < 4.78 is 0. The molecule has 16 heavy (non-hydrogen) atoms. The molecule has 0 heterocycles. The molecule has 0 N–H and O–H groups in total. The van der Waals surface area contributed by atoms with Gasteiger partial charge >= 0.3 is 0 Å². The van der Waals surface area contributed by atoms with Crippen LogP contribution in [0.1, 0.15) is 59.3 Å². The molecule has 2 atom stereocenters. The number of hydrogen-bond acceptors (Lipinski definition) is 1. The van der Waals surface area contributed by atoms with Crippen LogP contribution in [0.2, 0.25) is 0 Å². The molecule has 0 aliphatic heterocycles. The van der Waals surface area contributed by atoms with E-state index in [1.807, 2.05) is 0 Å². The van der Waals surface area contributed by atoms with Crippen LogP contribution in [0.25, 0.3) is 0 Å². The van der Waals surface area contributed by atoms with E-state index in [1.165, 1.54) is 24.8 Å². The Morgan fingerprint density at radius 2 is 2.06 bits per heavy atom. The van der Waals surface area contributed by atoms with Gasteiger partial charge in [0, 0.05) is 12.3 Å². The first kappa shape index (κ1) is 11.9. The van der Waals surface area contributed by atoms with E-state index in [9.17, 15) is 4.79 Å². The first-order chi connectivity index (χ1) is 7.48. The van der Waals surface area contributed by atoms with E-state index in [2.05, 4.69) is 26.8 Å². The van der Waals surface area contributed by atoms with Crippen LogP contribution >= 0.6 is 0 Å². The molecule has 1 saturated carbocycles. The molecule has 0 amide bonds. The lowest BCUT2D eigenvalue weighted by Crippen LogP contribution is -2.32. The minimum Gasteiger partial charge on any atom is -0.299 e. The first-order valence-electron chi connectivity index (χ1n) is 6.68. The van der Waals surface area contributed by atoms with Crippen molar-refractivity contribution in [3.63, 3.8) is 0 Å². The maximum absolute atomic E-state index is 12.0. The maximum Gasteiger partial charge on any atom is 0.136 e. The molecule has 1 fully saturated rings. The van der Waals surface area contributed by atoms with Gasteiger partial charge < -0.3 is 0 Å². The standard InChI is InChI=1S/C15H24O/c1-11-8-12(10-15(2,3)9-11)13-6-4-5-7-14(13)16/h8,12-13H,4-7,9-10H2,1-3H3. The number of carbonyl (C=O) groups is 1. The molecule has 0 aromatic carbocycles. The normalized spacial score (nSPS) is 34.7. The van der Waals surface area contributed by atoms with Gasteiger partial charge in [0.05, 0.1) is 0 Å². The highest BCUT2D eigenvalue weighted by molar-refractivity contribution is 5.82. The summed E-state index contributed by atoms with van der Waals surface area (Å²) >= 11 is 0. The molecule has 90 valence electrons. The predicted molar refractivity (Wildman–Crippen MR) is 67.2 cm³/mol. The third kappa shape index (κ3) is 2.56. The van der Waals surface area contributed by atoms with E-state index < -0.39 is 0 Å². The summed E-state index contributed by atoms with van der Waals surface area (Å²) in [5.74, 6) is 1.39. The lowest BCUT2D eigenvalue weighted by Gasteiger charge is -2.38. The molecule has 0 radical (unpaired) electrons. The zero-order chi connectivity index (χ0) is 11.8. The van der Waals surface area contributed by atoms with Gasteiger partial charge in [-0.3, -0.25) is 4.79 Å². The zero-order valence-electron chi connectivity index (χ0n) is 10.9. The van der Waals surface area contributed by atoms with E-state index in [0.717, 1.165) is 19.3 Å². The number of rotatable bonds is 1. The van der Waals surface area contributed by atoms with Crippen LogP contribution in [0.5, 0.6) is 0 Å². The highest BCUT2D eigenvalue weighted by Crippen LogP contribution is 2.43. The highest BCUT2D eigenvalue weighted by Gasteiger charge is 2.35. The third-order valence-electron chi connectivity index (χ3n) is 4.16. The molecule has 0 aromatic heterocycles. The maximum atomic E-state index is 12.0. The van der Waals surface area contributed by atoms with Crippen LogP contribution in [-0.4, -0.2) is 5.78 Å². The minimum absolute atomic E-state index is 0.336. The summed E-state index contributed by atoms with van der Waals surface area (Å²) in [5.41, 5.74) is 1.88. The molecule has 1 nitrogen and oxygen atoms in total. The smallest absolute Gasteiger partial charge is 0.136 e.